The number of piperazine rings is 1. The van der Waals surface area contributed by atoms with Crippen molar-refractivity contribution >= 4 is 5.69 Å². The van der Waals surface area contributed by atoms with Crippen LogP contribution < -0.4 is 24.4 Å². The van der Waals surface area contributed by atoms with E-state index in [0.29, 0.717) is 17.8 Å². The third-order valence-electron chi connectivity index (χ3n) is 4.87. The summed E-state index contributed by atoms with van der Waals surface area (Å²) in [6.45, 7) is 2.04. The van der Waals surface area contributed by atoms with Gasteiger partial charge in [-0.05, 0) is 12.8 Å². The van der Waals surface area contributed by atoms with Gasteiger partial charge in [0.2, 0.25) is 5.75 Å². The van der Waals surface area contributed by atoms with Crippen LogP contribution in [0.5, 0.6) is 17.2 Å². The zero-order valence-electron chi connectivity index (χ0n) is 13.7. The average Bonchev–Trinajstić information content (AvgIpc) is 2.59. The smallest absolute Gasteiger partial charge is 0.203 e. The van der Waals surface area contributed by atoms with E-state index in [9.17, 15) is 0 Å². The Balaban J connectivity index is 1.96. The van der Waals surface area contributed by atoms with Gasteiger partial charge in [-0.3, -0.25) is 0 Å². The van der Waals surface area contributed by atoms with Crippen LogP contribution in [0.1, 0.15) is 25.7 Å². The predicted molar refractivity (Wildman–Crippen MR) is 87.5 cm³/mol. The van der Waals surface area contributed by atoms with E-state index in [0.717, 1.165) is 30.3 Å². The fourth-order valence-corrected chi connectivity index (χ4v) is 3.81. The molecule has 1 aromatic rings. The number of hydrogen-bond acceptors (Lipinski definition) is 5. The number of benzene rings is 1. The number of rotatable bonds is 4. The summed E-state index contributed by atoms with van der Waals surface area (Å²) in [6.07, 6.45) is 5.15. The van der Waals surface area contributed by atoms with Crippen molar-refractivity contribution < 1.29 is 14.2 Å². The second kappa shape index (κ2) is 6.65. The molecule has 1 heterocycles. The number of nitrogens with one attached hydrogen (secondary N) is 1. The van der Waals surface area contributed by atoms with Gasteiger partial charge in [-0.15, -0.1) is 0 Å². The van der Waals surface area contributed by atoms with E-state index >= 15 is 0 Å². The molecule has 1 aromatic carbocycles. The molecule has 1 saturated heterocycles. The molecule has 1 saturated carbocycles. The van der Waals surface area contributed by atoms with Gasteiger partial charge in [-0.25, -0.2) is 0 Å². The van der Waals surface area contributed by atoms with Crippen LogP contribution in [0.3, 0.4) is 0 Å². The van der Waals surface area contributed by atoms with E-state index in [-0.39, 0.29) is 0 Å². The van der Waals surface area contributed by atoms with E-state index in [1.165, 1.54) is 25.7 Å². The number of nitrogens with zero attached hydrogens (tertiary/aromatic N) is 1. The van der Waals surface area contributed by atoms with E-state index in [2.05, 4.69) is 22.3 Å². The Labute approximate surface area is 132 Å². The van der Waals surface area contributed by atoms with Gasteiger partial charge in [-0.2, -0.15) is 0 Å². The predicted octanol–water partition coefficient (Wildman–Crippen LogP) is 2.43. The minimum Gasteiger partial charge on any atom is -0.493 e. The van der Waals surface area contributed by atoms with Gasteiger partial charge < -0.3 is 24.4 Å². The van der Waals surface area contributed by atoms with Crippen molar-refractivity contribution in [1.29, 1.82) is 0 Å². The molecule has 1 aliphatic carbocycles. The molecule has 0 spiro atoms. The summed E-state index contributed by atoms with van der Waals surface area (Å²) in [5.74, 6) is 2.11. The number of anilines is 1. The van der Waals surface area contributed by atoms with Crippen molar-refractivity contribution in [3.05, 3.63) is 12.1 Å². The third-order valence-corrected chi connectivity index (χ3v) is 4.87. The van der Waals surface area contributed by atoms with Crippen LogP contribution in [0.15, 0.2) is 12.1 Å². The molecule has 1 aliphatic heterocycles. The monoisotopic (exact) mass is 306 g/mol. The second-order valence-electron chi connectivity index (χ2n) is 5.99. The summed E-state index contributed by atoms with van der Waals surface area (Å²) < 4.78 is 16.4. The van der Waals surface area contributed by atoms with Crippen LogP contribution in [0.4, 0.5) is 5.69 Å². The molecule has 5 nitrogen and oxygen atoms in total. The van der Waals surface area contributed by atoms with Crippen LogP contribution in [0.2, 0.25) is 0 Å². The first-order chi connectivity index (χ1) is 10.8. The minimum atomic E-state index is 0.560. The lowest BCUT2D eigenvalue weighted by molar-refractivity contribution is 0.283. The minimum absolute atomic E-state index is 0.560. The van der Waals surface area contributed by atoms with Crippen molar-refractivity contribution in [3.63, 3.8) is 0 Å². The second-order valence-corrected chi connectivity index (χ2v) is 5.99. The van der Waals surface area contributed by atoms with Crippen molar-refractivity contribution in [1.82, 2.24) is 5.32 Å². The molecule has 2 fully saturated rings. The highest BCUT2D eigenvalue weighted by Gasteiger charge is 2.33. The average molecular weight is 306 g/mol. The Hall–Kier alpha value is -1.62. The molecule has 0 aromatic heterocycles. The Kier molecular flexibility index (Phi) is 4.62. The molecule has 0 amide bonds. The number of ether oxygens (including phenoxy) is 3. The van der Waals surface area contributed by atoms with Gasteiger partial charge in [0.25, 0.3) is 0 Å². The van der Waals surface area contributed by atoms with Crippen molar-refractivity contribution in [2.45, 2.75) is 37.8 Å². The van der Waals surface area contributed by atoms with Gasteiger partial charge in [0.15, 0.2) is 11.5 Å². The summed E-state index contributed by atoms with van der Waals surface area (Å²) in [5, 5.41) is 3.67. The molecular weight excluding hydrogens is 280 g/mol. The molecule has 2 atom stereocenters. The molecule has 3 rings (SSSR count). The summed E-state index contributed by atoms with van der Waals surface area (Å²) in [6, 6.07) is 5.29. The van der Waals surface area contributed by atoms with Crippen LogP contribution in [0.25, 0.3) is 0 Å². The lowest BCUT2D eigenvalue weighted by Crippen LogP contribution is -2.59. The topological polar surface area (TPSA) is 43.0 Å². The lowest BCUT2D eigenvalue weighted by Gasteiger charge is -2.46. The molecule has 0 bridgehead atoms. The molecule has 122 valence electrons. The zero-order chi connectivity index (χ0) is 15.5. The Morgan fingerprint density at radius 2 is 1.68 bits per heavy atom. The summed E-state index contributed by atoms with van der Waals surface area (Å²) >= 11 is 0. The zero-order valence-corrected chi connectivity index (χ0v) is 13.7. The van der Waals surface area contributed by atoms with Crippen LogP contribution >= 0.6 is 0 Å². The van der Waals surface area contributed by atoms with Crippen LogP contribution in [-0.2, 0) is 0 Å². The van der Waals surface area contributed by atoms with Gasteiger partial charge in [0.1, 0.15) is 0 Å². The Bertz CT molecular complexity index is 494. The van der Waals surface area contributed by atoms with Crippen molar-refractivity contribution in [3.8, 4) is 17.2 Å². The van der Waals surface area contributed by atoms with Crippen molar-refractivity contribution in [2.75, 3.05) is 39.3 Å². The first kappa shape index (κ1) is 15.3. The van der Waals surface area contributed by atoms with E-state index in [1.54, 1.807) is 21.3 Å². The largest absolute Gasteiger partial charge is 0.493 e. The van der Waals surface area contributed by atoms with E-state index in [1.807, 2.05) is 0 Å². The third kappa shape index (κ3) is 2.70. The first-order valence-corrected chi connectivity index (χ1v) is 8.08. The Morgan fingerprint density at radius 1 is 1.00 bits per heavy atom. The first-order valence-electron chi connectivity index (χ1n) is 8.08. The molecule has 0 radical (unpaired) electrons. The van der Waals surface area contributed by atoms with Crippen LogP contribution in [-0.4, -0.2) is 46.5 Å². The molecule has 22 heavy (non-hydrogen) atoms. The van der Waals surface area contributed by atoms with Crippen LogP contribution in [0, 0.1) is 0 Å². The lowest BCUT2D eigenvalue weighted by atomic mass is 9.87. The fraction of sp³-hybridized carbons (Fsp3) is 0.647. The number of fused-ring (bicyclic) bond motifs is 1. The molecule has 5 heteroatoms. The summed E-state index contributed by atoms with van der Waals surface area (Å²) in [5.41, 5.74) is 1.16. The van der Waals surface area contributed by atoms with Crippen molar-refractivity contribution in [2.24, 2.45) is 0 Å². The highest BCUT2D eigenvalue weighted by Crippen LogP contribution is 2.42. The number of methoxy groups -OCH3 is 3. The molecule has 0 unspecified atom stereocenters. The maximum absolute atomic E-state index is 5.50. The van der Waals surface area contributed by atoms with E-state index < -0.39 is 0 Å². The molecular formula is C17H26N2O3. The highest BCUT2D eigenvalue weighted by molar-refractivity contribution is 5.64. The van der Waals surface area contributed by atoms with Gasteiger partial charge in [0.05, 0.1) is 21.3 Å². The van der Waals surface area contributed by atoms with Gasteiger partial charge in [-0.1, -0.05) is 12.8 Å². The Morgan fingerprint density at radius 3 is 2.32 bits per heavy atom. The highest BCUT2D eigenvalue weighted by atomic mass is 16.5. The van der Waals surface area contributed by atoms with Gasteiger partial charge in [0, 0.05) is 43.0 Å². The maximum atomic E-state index is 5.50. The quantitative estimate of drug-likeness (QED) is 0.925. The SMILES string of the molecule is COc1cc(N2CCN[C@@H]3CCCC[C@@H]32)cc(OC)c1OC. The standard InChI is InChI=1S/C17H26N2O3/c1-20-15-10-12(11-16(21-2)17(15)22-3)19-9-8-18-13-6-4-5-7-14(13)19/h10-11,13-14,18H,4-9H2,1-3H3/t13-,14+/m1/s1. The number of hydrogen-bond donors (Lipinski definition) is 1. The van der Waals surface area contributed by atoms with Gasteiger partial charge >= 0.3 is 0 Å². The van der Waals surface area contributed by atoms with E-state index in [4.69, 9.17) is 14.2 Å². The summed E-state index contributed by atoms with van der Waals surface area (Å²) in [4.78, 5) is 2.50. The fourth-order valence-electron chi connectivity index (χ4n) is 3.81. The normalized spacial score (nSPS) is 24.6. The summed E-state index contributed by atoms with van der Waals surface area (Å²) in [7, 11) is 4.98. The maximum Gasteiger partial charge on any atom is 0.203 e. The molecule has 2 aliphatic rings. The molecule has 1 N–H and O–H groups in total.